The third-order valence-electron chi connectivity index (χ3n) is 3.91. The van der Waals surface area contributed by atoms with Crippen LogP contribution in [-0.4, -0.2) is 29.4 Å². The van der Waals surface area contributed by atoms with Crippen LogP contribution in [0.15, 0.2) is 36.5 Å². The van der Waals surface area contributed by atoms with Gasteiger partial charge in [0.25, 0.3) is 5.91 Å². The third-order valence-corrected chi connectivity index (χ3v) is 3.91. The van der Waals surface area contributed by atoms with Crippen molar-refractivity contribution in [2.24, 2.45) is 0 Å². The second kappa shape index (κ2) is 6.92. The number of pyridine rings is 1. The molecule has 1 aliphatic rings. The number of carbonyl (C=O) groups is 2. The standard InChI is InChI=1S/C17H14F3N3O2/c18-10-8-12(20)15(21-9-10)16(24)22-13-5-3-7-23(17(13)25)14-6-2-1-4-11(14)19/h1-2,4,6,8-9,13H,3,5,7H2,(H,22,24). The summed E-state index contributed by atoms with van der Waals surface area (Å²) in [4.78, 5) is 29.3. The molecule has 1 fully saturated rings. The van der Waals surface area contributed by atoms with Gasteiger partial charge in [-0.15, -0.1) is 0 Å². The van der Waals surface area contributed by atoms with Crippen molar-refractivity contribution in [3.63, 3.8) is 0 Å². The molecule has 0 bridgehead atoms. The van der Waals surface area contributed by atoms with Crippen molar-refractivity contribution < 1.29 is 22.8 Å². The van der Waals surface area contributed by atoms with E-state index in [9.17, 15) is 22.8 Å². The number of halogens is 3. The molecular formula is C17H14F3N3O2. The van der Waals surface area contributed by atoms with Crippen LogP contribution in [-0.2, 0) is 4.79 Å². The number of rotatable bonds is 3. The van der Waals surface area contributed by atoms with Crippen LogP contribution < -0.4 is 10.2 Å². The Bertz CT molecular complexity index is 829. The zero-order valence-corrected chi connectivity index (χ0v) is 13.0. The first-order valence-corrected chi connectivity index (χ1v) is 7.65. The maximum atomic E-state index is 13.9. The van der Waals surface area contributed by atoms with Gasteiger partial charge in [-0.25, -0.2) is 18.2 Å². The number of aromatic nitrogens is 1. The molecule has 8 heteroatoms. The fraction of sp³-hybridized carbons (Fsp3) is 0.235. The Kier molecular flexibility index (Phi) is 4.69. The van der Waals surface area contributed by atoms with Gasteiger partial charge >= 0.3 is 0 Å². The van der Waals surface area contributed by atoms with Crippen LogP contribution in [0.1, 0.15) is 23.3 Å². The van der Waals surface area contributed by atoms with Crippen LogP contribution in [0.4, 0.5) is 18.9 Å². The Morgan fingerprint density at radius 2 is 1.96 bits per heavy atom. The van der Waals surface area contributed by atoms with Gasteiger partial charge in [0.2, 0.25) is 5.91 Å². The molecule has 3 rings (SSSR count). The van der Waals surface area contributed by atoms with Gasteiger partial charge in [-0.2, -0.15) is 0 Å². The molecule has 1 N–H and O–H groups in total. The van der Waals surface area contributed by atoms with Crippen LogP contribution in [0.2, 0.25) is 0 Å². The monoisotopic (exact) mass is 349 g/mol. The molecule has 0 saturated carbocycles. The molecule has 5 nitrogen and oxygen atoms in total. The van der Waals surface area contributed by atoms with Gasteiger partial charge in [-0.05, 0) is 25.0 Å². The molecule has 2 aromatic rings. The van der Waals surface area contributed by atoms with Gasteiger partial charge in [-0.3, -0.25) is 9.59 Å². The van der Waals surface area contributed by atoms with Gasteiger partial charge < -0.3 is 10.2 Å². The normalized spacial score (nSPS) is 17.5. The average molecular weight is 349 g/mol. The Balaban J connectivity index is 1.77. The molecule has 0 radical (unpaired) electrons. The summed E-state index contributed by atoms with van der Waals surface area (Å²) in [5.41, 5.74) is -0.477. The number of carbonyl (C=O) groups excluding carboxylic acids is 2. The minimum atomic E-state index is -1.12. The highest BCUT2D eigenvalue weighted by molar-refractivity contribution is 6.02. The molecule has 2 amide bonds. The van der Waals surface area contributed by atoms with Gasteiger partial charge in [0.1, 0.15) is 17.7 Å². The second-order valence-corrected chi connectivity index (χ2v) is 5.59. The highest BCUT2D eigenvalue weighted by atomic mass is 19.1. The summed E-state index contributed by atoms with van der Waals surface area (Å²) < 4.78 is 40.4. The molecule has 0 spiro atoms. The Labute approximate surface area is 141 Å². The molecule has 2 heterocycles. The van der Waals surface area contributed by atoms with Crippen molar-refractivity contribution in [3.05, 3.63) is 59.7 Å². The summed E-state index contributed by atoms with van der Waals surface area (Å²) in [5, 5.41) is 2.39. The second-order valence-electron chi connectivity index (χ2n) is 5.59. The SMILES string of the molecule is O=C(NC1CCCN(c2ccccc2F)C1=O)c1ncc(F)cc1F. The van der Waals surface area contributed by atoms with Crippen molar-refractivity contribution in [1.29, 1.82) is 0 Å². The average Bonchev–Trinajstić information content (AvgIpc) is 2.57. The van der Waals surface area contributed by atoms with E-state index in [1.165, 1.54) is 23.1 Å². The van der Waals surface area contributed by atoms with Crippen LogP contribution >= 0.6 is 0 Å². The fourth-order valence-corrected chi connectivity index (χ4v) is 2.73. The summed E-state index contributed by atoms with van der Waals surface area (Å²) in [5.74, 6) is -3.99. The summed E-state index contributed by atoms with van der Waals surface area (Å²) >= 11 is 0. The zero-order chi connectivity index (χ0) is 18.0. The number of anilines is 1. The minimum Gasteiger partial charge on any atom is -0.339 e. The number of nitrogens with zero attached hydrogens (tertiary/aromatic N) is 2. The lowest BCUT2D eigenvalue weighted by Gasteiger charge is -2.32. The zero-order valence-electron chi connectivity index (χ0n) is 13.0. The van der Waals surface area contributed by atoms with Gasteiger partial charge in [0.15, 0.2) is 11.5 Å². The van der Waals surface area contributed by atoms with Crippen molar-refractivity contribution in [2.45, 2.75) is 18.9 Å². The maximum Gasteiger partial charge on any atom is 0.273 e. The lowest BCUT2D eigenvalue weighted by Crippen LogP contribution is -2.52. The van der Waals surface area contributed by atoms with Gasteiger partial charge in [-0.1, -0.05) is 12.1 Å². The molecule has 1 atom stereocenters. The van der Waals surface area contributed by atoms with Gasteiger partial charge in [0.05, 0.1) is 11.9 Å². The van der Waals surface area contributed by atoms with E-state index in [-0.39, 0.29) is 5.69 Å². The summed E-state index contributed by atoms with van der Waals surface area (Å²) in [7, 11) is 0. The molecule has 130 valence electrons. The van der Waals surface area contributed by atoms with E-state index < -0.39 is 41.0 Å². The Hall–Kier alpha value is -2.90. The van der Waals surface area contributed by atoms with Crippen molar-refractivity contribution in [3.8, 4) is 0 Å². The lowest BCUT2D eigenvalue weighted by molar-refractivity contribution is -0.121. The molecule has 1 unspecified atom stereocenters. The first kappa shape index (κ1) is 16.9. The van der Waals surface area contributed by atoms with E-state index >= 15 is 0 Å². The van der Waals surface area contributed by atoms with E-state index in [0.717, 1.165) is 0 Å². The topological polar surface area (TPSA) is 62.3 Å². The number of nitrogens with one attached hydrogen (secondary N) is 1. The predicted octanol–water partition coefficient (Wildman–Crippen LogP) is 2.42. The largest absolute Gasteiger partial charge is 0.339 e. The van der Waals surface area contributed by atoms with Crippen LogP contribution in [0, 0.1) is 17.5 Å². The summed E-state index contributed by atoms with van der Waals surface area (Å²) in [6.07, 6.45) is 1.58. The number of benzene rings is 1. The first-order valence-electron chi connectivity index (χ1n) is 7.65. The smallest absolute Gasteiger partial charge is 0.273 e. The molecule has 1 aromatic carbocycles. The van der Waals surface area contributed by atoms with Crippen molar-refractivity contribution in [2.75, 3.05) is 11.4 Å². The highest BCUT2D eigenvalue weighted by Gasteiger charge is 2.32. The Morgan fingerprint density at radius 3 is 2.68 bits per heavy atom. The minimum absolute atomic E-state index is 0.123. The number of para-hydroxylation sites is 1. The van der Waals surface area contributed by atoms with Gasteiger partial charge in [0, 0.05) is 12.6 Å². The number of amides is 2. The predicted molar refractivity (Wildman–Crippen MR) is 83.4 cm³/mol. The van der Waals surface area contributed by atoms with E-state index in [1.54, 1.807) is 6.07 Å². The summed E-state index contributed by atoms with van der Waals surface area (Å²) in [6, 6.07) is 5.42. The maximum absolute atomic E-state index is 13.9. The molecule has 1 aromatic heterocycles. The van der Waals surface area contributed by atoms with Crippen LogP contribution in [0.3, 0.4) is 0 Å². The van der Waals surface area contributed by atoms with Crippen molar-refractivity contribution in [1.82, 2.24) is 10.3 Å². The highest BCUT2D eigenvalue weighted by Crippen LogP contribution is 2.24. The Morgan fingerprint density at radius 1 is 1.20 bits per heavy atom. The molecular weight excluding hydrogens is 335 g/mol. The fourth-order valence-electron chi connectivity index (χ4n) is 2.73. The summed E-state index contributed by atoms with van der Waals surface area (Å²) in [6.45, 7) is 0.315. The quantitative estimate of drug-likeness (QED) is 0.926. The van der Waals surface area contributed by atoms with Crippen LogP contribution in [0.25, 0.3) is 0 Å². The van der Waals surface area contributed by atoms with E-state index in [4.69, 9.17) is 0 Å². The van der Waals surface area contributed by atoms with E-state index in [0.29, 0.717) is 31.6 Å². The molecule has 1 saturated heterocycles. The number of hydrogen-bond acceptors (Lipinski definition) is 3. The molecule has 0 aliphatic carbocycles. The van der Waals surface area contributed by atoms with Crippen LogP contribution in [0.5, 0.6) is 0 Å². The molecule has 25 heavy (non-hydrogen) atoms. The number of piperidine rings is 1. The van der Waals surface area contributed by atoms with Crippen molar-refractivity contribution >= 4 is 17.5 Å². The van der Waals surface area contributed by atoms with E-state index in [2.05, 4.69) is 10.3 Å². The first-order chi connectivity index (χ1) is 12.0. The lowest BCUT2D eigenvalue weighted by atomic mass is 10.0. The number of hydrogen-bond donors (Lipinski definition) is 1. The third kappa shape index (κ3) is 3.47. The molecule has 1 aliphatic heterocycles. The van der Waals surface area contributed by atoms with E-state index in [1.807, 2.05) is 0 Å².